The normalized spacial score (nSPS) is 10.8. The van der Waals surface area contributed by atoms with Crippen molar-refractivity contribution < 1.29 is 18.5 Å². The lowest BCUT2D eigenvalue weighted by Crippen LogP contribution is -2.11. The van der Waals surface area contributed by atoms with Crippen molar-refractivity contribution in [3.8, 4) is 28.5 Å². The third kappa shape index (κ3) is 3.96. The van der Waals surface area contributed by atoms with E-state index in [4.69, 9.17) is 13.7 Å². The van der Waals surface area contributed by atoms with E-state index >= 15 is 0 Å². The Bertz CT molecular complexity index is 1050. The quantitative estimate of drug-likeness (QED) is 0.468. The minimum Gasteiger partial charge on any atom is -0.494 e. The van der Waals surface area contributed by atoms with Gasteiger partial charge in [0.05, 0.1) is 18.6 Å². The summed E-state index contributed by atoms with van der Waals surface area (Å²) in [6.07, 6.45) is 2.49. The van der Waals surface area contributed by atoms with E-state index in [1.165, 1.54) is 23.7 Å². The van der Waals surface area contributed by atoms with E-state index in [0.717, 1.165) is 23.4 Å². The Hall–Kier alpha value is -3.39. The number of hydrogen-bond donors (Lipinski definition) is 1. The number of hydrogen-bond acceptors (Lipinski definition) is 7. The average molecular weight is 395 g/mol. The largest absolute Gasteiger partial charge is 0.494 e. The van der Waals surface area contributed by atoms with Crippen molar-refractivity contribution in [2.24, 2.45) is 0 Å². The fourth-order valence-corrected chi connectivity index (χ4v) is 3.20. The van der Waals surface area contributed by atoms with Crippen molar-refractivity contribution in [1.82, 2.24) is 10.1 Å². The summed E-state index contributed by atoms with van der Waals surface area (Å²) in [4.78, 5) is 16.8. The Morgan fingerprint density at radius 3 is 2.82 bits per heavy atom. The predicted molar refractivity (Wildman–Crippen MR) is 105 cm³/mol. The summed E-state index contributed by atoms with van der Waals surface area (Å²) in [5, 5.41) is 8.88. The van der Waals surface area contributed by atoms with Crippen molar-refractivity contribution in [1.29, 1.82) is 0 Å². The first-order chi connectivity index (χ1) is 13.7. The maximum atomic E-state index is 12.4. The molecule has 4 rings (SSSR count). The van der Waals surface area contributed by atoms with E-state index in [0.29, 0.717) is 23.3 Å². The van der Waals surface area contributed by atoms with Gasteiger partial charge >= 0.3 is 0 Å². The Labute approximate surface area is 165 Å². The van der Waals surface area contributed by atoms with E-state index in [1.54, 1.807) is 12.1 Å². The third-order valence-electron chi connectivity index (χ3n) is 3.85. The molecule has 28 heavy (non-hydrogen) atoms. The Morgan fingerprint density at radius 1 is 1.21 bits per heavy atom. The number of nitrogens with one attached hydrogen (secondary N) is 1. The van der Waals surface area contributed by atoms with Gasteiger partial charge in [-0.3, -0.25) is 10.1 Å². The minimum absolute atomic E-state index is 0.153. The van der Waals surface area contributed by atoms with Gasteiger partial charge in [-0.25, -0.2) is 4.98 Å². The first-order valence-corrected chi connectivity index (χ1v) is 9.61. The number of amides is 1. The zero-order valence-electron chi connectivity index (χ0n) is 15.0. The second-order valence-corrected chi connectivity index (χ2v) is 6.78. The Morgan fingerprint density at radius 2 is 2.07 bits per heavy atom. The summed E-state index contributed by atoms with van der Waals surface area (Å²) in [7, 11) is 0. The first kappa shape index (κ1) is 18.0. The van der Waals surface area contributed by atoms with Gasteiger partial charge in [-0.1, -0.05) is 12.1 Å². The van der Waals surface area contributed by atoms with E-state index < -0.39 is 5.91 Å². The van der Waals surface area contributed by atoms with Crippen LogP contribution in [0.5, 0.6) is 5.75 Å². The number of carbonyl (C=O) groups is 1. The standard InChI is InChI=1S/C20H17N3O4S/c1-2-9-25-14-7-5-13(6-8-14)16-12-28-20(21-16)22-19(24)15-11-18(27-23-15)17-4-3-10-26-17/h3-8,10-12H,2,9H2,1H3,(H,21,22,24). The van der Waals surface area contributed by atoms with E-state index in [9.17, 15) is 4.79 Å². The van der Waals surface area contributed by atoms with Gasteiger partial charge in [0.25, 0.3) is 5.91 Å². The van der Waals surface area contributed by atoms with Gasteiger partial charge < -0.3 is 13.7 Å². The molecule has 7 nitrogen and oxygen atoms in total. The molecule has 0 fully saturated rings. The van der Waals surface area contributed by atoms with Gasteiger partial charge in [-0.05, 0) is 42.8 Å². The Balaban J connectivity index is 1.42. The molecule has 0 saturated heterocycles. The number of thiazole rings is 1. The van der Waals surface area contributed by atoms with Crippen LogP contribution in [-0.2, 0) is 0 Å². The van der Waals surface area contributed by atoms with Crippen LogP contribution in [0.4, 0.5) is 5.13 Å². The van der Waals surface area contributed by atoms with Gasteiger partial charge in [0.2, 0.25) is 5.76 Å². The number of benzene rings is 1. The molecule has 0 bridgehead atoms. The molecule has 4 aromatic rings. The molecule has 0 aliphatic carbocycles. The molecule has 0 aliphatic heterocycles. The molecule has 0 atom stereocenters. The fraction of sp³-hybridized carbons (Fsp3) is 0.150. The molecule has 0 unspecified atom stereocenters. The number of carbonyl (C=O) groups excluding carboxylic acids is 1. The molecule has 0 aliphatic rings. The van der Waals surface area contributed by atoms with Crippen LogP contribution in [0.2, 0.25) is 0 Å². The van der Waals surface area contributed by atoms with Gasteiger partial charge in [0.15, 0.2) is 16.6 Å². The lowest BCUT2D eigenvalue weighted by Gasteiger charge is -2.04. The van der Waals surface area contributed by atoms with E-state index in [1.807, 2.05) is 29.6 Å². The molecule has 3 aromatic heterocycles. The first-order valence-electron chi connectivity index (χ1n) is 8.73. The van der Waals surface area contributed by atoms with Crippen molar-refractivity contribution in [3.63, 3.8) is 0 Å². The van der Waals surface area contributed by atoms with Crippen LogP contribution in [0.25, 0.3) is 22.8 Å². The number of ether oxygens (including phenoxy) is 1. The molecule has 3 heterocycles. The lowest BCUT2D eigenvalue weighted by molar-refractivity contribution is 0.101. The molecule has 142 valence electrons. The molecule has 1 N–H and O–H groups in total. The maximum Gasteiger partial charge on any atom is 0.279 e. The number of aromatic nitrogens is 2. The number of rotatable bonds is 7. The van der Waals surface area contributed by atoms with Crippen molar-refractivity contribution >= 4 is 22.4 Å². The minimum atomic E-state index is -0.397. The second-order valence-electron chi connectivity index (χ2n) is 5.92. The highest BCUT2D eigenvalue weighted by Gasteiger charge is 2.16. The topological polar surface area (TPSA) is 90.4 Å². The zero-order valence-corrected chi connectivity index (χ0v) is 15.9. The predicted octanol–water partition coefficient (Wildman–Crippen LogP) is 5.10. The maximum absolute atomic E-state index is 12.4. The van der Waals surface area contributed by atoms with Crippen LogP contribution in [-0.4, -0.2) is 22.7 Å². The van der Waals surface area contributed by atoms with Gasteiger partial charge in [0, 0.05) is 17.0 Å². The molecular weight excluding hydrogens is 378 g/mol. The highest BCUT2D eigenvalue weighted by molar-refractivity contribution is 7.14. The molecule has 0 saturated carbocycles. The van der Waals surface area contributed by atoms with Crippen LogP contribution in [0.3, 0.4) is 0 Å². The van der Waals surface area contributed by atoms with Gasteiger partial charge in [-0.2, -0.15) is 0 Å². The van der Waals surface area contributed by atoms with Crippen molar-refractivity contribution in [2.45, 2.75) is 13.3 Å². The molecule has 1 amide bonds. The number of anilines is 1. The SMILES string of the molecule is CCCOc1ccc(-c2csc(NC(=O)c3cc(-c4ccco4)on3)n2)cc1. The molecule has 1 aromatic carbocycles. The summed E-state index contributed by atoms with van der Waals surface area (Å²) in [6.45, 7) is 2.76. The van der Waals surface area contributed by atoms with Crippen molar-refractivity contribution in [3.05, 3.63) is 59.8 Å². The second kappa shape index (κ2) is 8.10. The zero-order chi connectivity index (χ0) is 19.3. The van der Waals surface area contributed by atoms with Crippen LogP contribution in [0, 0.1) is 0 Å². The van der Waals surface area contributed by atoms with Gasteiger partial charge in [-0.15, -0.1) is 11.3 Å². The van der Waals surface area contributed by atoms with Crippen molar-refractivity contribution in [2.75, 3.05) is 11.9 Å². The average Bonchev–Trinajstić information content (AvgIpc) is 3.47. The summed E-state index contributed by atoms with van der Waals surface area (Å²) in [5.74, 6) is 1.33. The molecular formula is C20H17N3O4S. The van der Waals surface area contributed by atoms with Gasteiger partial charge in [0.1, 0.15) is 5.75 Å². The summed E-state index contributed by atoms with van der Waals surface area (Å²) >= 11 is 1.34. The number of furan rings is 1. The van der Waals surface area contributed by atoms with Crippen LogP contribution in [0.15, 0.2) is 63.0 Å². The monoisotopic (exact) mass is 395 g/mol. The van der Waals surface area contributed by atoms with Crippen LogP contribution >= 0.6 is 11.3 Å². The molecule has 0 spiro atoms. The highest BCUT2D eigenvalue weighted by Crippen LogP contribution is 2.27. The summed E-state index contributed by atoms with van der Waals surface area (Å²) in [5.41, 5.74) is 1.88. The summed E-state index contributed by atoms with van der Waals surface area (Å²) < 4.78 is 16.0. The van der Waals surface area contributed by atoms with E-state index in [-0.39, 0.29) is 5.69 Å². The molecule has 8 heteroatoms. The smallest absolute Gasteiger partial charge is 0.279 e. The lowest BCUT2D eigenvalue weighted by atomic mass is 10.2. The van der Waals surface area contributed by atoms with Crippen LogP contribution in [0.1, 0.15) is 23.8 Å². The fourth-order valence-electron chi connectivity index (χ4n) is 2.48. The number of nitrogens with zero attached hydrogens (tertiary/aromatic N) is 2. The summed E-state index contributed by atoms with van der Waals surface area (Å²) in [6, 6.07) is 12.7. The van der Waals surface area contributed by atoms with E-state index in [2.05, 4.69) is 22.4 Å². The molecule has 0 radical (unpaired) electrons. The Kier molecular flexibility index (Phi) is 5.20. The highest BCUT2D eigenvalue weighted by atomic mass is 32.1. The third-order valence-corrected chi connectivity index (χ3v) is 4.61. The van der Waals surface area contributed by atoms with Crippen LogP contribution < -0.4 is 10.1 Å².